The van der Waals surface area contributed by atoms with Crippen LogP contribution in [0.25, 0.3) is 0 Å². The molecule has 1 N–H and O–H groups in total. The molecular weight excluding hydrogens is 208 g/mol. The predicted octanol–water partition coefficient (Wildman–Crippen LogP) is 3.39. The van der Waals surface area contributed by atoms with Crippen molar-refractivity contribution >= 4 is 0 Å². The van der Waals surface area contributed by atoms with Crippen molar-refractivity contribution < 1.29 is 0 Å². The van der Waals surface area contributed by atoms with E-state index in [-0.39, 0.29) is 0 Å². The van der Waals surface area contributed by atoms with Crippen LogP contribution in [0.3, 0.4) is 0 Å². The largest absolute Gasteiger partial charge is 0.313 e. The zero-order valence-electron chi connectivity index (χ0n) is 11.3. The molecule has 0 saturated carbocycles. The smallest absolute Gasteiger partial charge is 0.0991 e. The Kier molecular flexibility index (Phi) is 4.72. The molecule has 1 aromatic carbocycles. The molecule has 0 aromatic heterocycles. The first-order valence-corrected chi connectivity index (χ1v) is 6.13. The van der Waals surface area contributed by atoms with Crippen LogP contribution in [0.1, 0.15) is 43.9 Å². The van der Waals surface area contributed by atoms with Crippen molar-refractivity contribution in [3.63, 3.8) is 0 Å². The Labute approximate surface area is 105 Å². The van der Waals surface area contributed by atoms with Gasteiger partial charge in [-0.1, -0.05) is 26.8 Å². The maximum atomic E-state index is 8.79. The Morgan fingerprint density at radius 1 is 1.29 bits per heavy atom. The number of rotatable bonds is 4. The molecule has 0 aliphatic carbocycles. The van der Waals surface area contributed by atoms with E-state index in [1.807, 2.05) is 18.2 Å². The molecule has 2 nitrogen and oxygen atoms in total. The Morgan fingerprint density at radius 3 is 2.53 bits per heavy atom. The van der Waals surface area contributed by atoms with Crippen LogP contribution in [-0.2, 0) is 6.54 Å². The van der Waals surface area contributed by atoms with E-state index in [1.165, 1.54) is 17.5 Å². The van der Waals surface area contributed by atoms with E-state index in [4.69, 9.17) is 5.26 Å². The van der Waals surface area contributed by atoms with Gasteiger partial charge in [-0.25, -0.2) is 0 Å². The highest BCUT2D eigenvalue weighted by molar-refractivity contribution is 5.37. The minimum Gasteiger partial charge on any atom is -0.313 e. The Bertz CT molecular complexity index is 408. The van der Waals surface area contributed by atoms with Gasteiger partial charge >= 0.3 is 0 Å². The summed E-state index contributed by atoms with van der Waals surface area (Å²) in [6.45, 7) is 10.7. The summed E-state index contributed by atoms with van der Waals surface area (Å²) in [7, 11) is 0. The van der Waals surface area contributed by atoms with Crippen LogP contribution in [0.15, 0.2) is 18.2 Å². The van der Waals surface area contributed by atoms with Gasteiger partial charge < -0.3 is 5.32 Å². The first-order chi connectivity index (χ1) is 7.92. The molecule has 0 heterocycles. The number of hydrogen-bond acceptors (Lipinski definition) is 2. The van der Waals surface area contributed by atoms with Crippen molar-refractivity contribution in [2.75, 3.05) is 6.54 Å². The summed E-state index contributed by atoms with van der Waals surface area (Å²) in [6.07, 6.45) is 1.17. The first-order valence-electron chi connectivity index (χ1n) is 6.13. The molecule has 0 aliphatic heterocycles. The van der Waals surface area contributed by atoms with Crippen molar-refractivity contribution in [2.24, 2.45) is 5.41 Å². The fourth-order valence-corrected chi connectivity index (χ4v) is 1.65. The fraction of sp³-hybridized carbons (Fsp3) is 0.533. The molecule has 0 spiro atoms. The lowest BCUT2D eigenvalue weighted by Gasteiger charge is -2.18. The van der Waals surface area contributed by atoms with Gasteiger partial charge in [0.05, 0.1) is 11.6 Å². The third-order valence-electron chi connectivity index (χ3n) is 2.84. The summed E-state index contributed by atoms with van der Waals surface area (Å²) >= 11 is 0. The monoisotopic (exact) mass is 230 g/mol. The average Bonchev–Trinajstić information content (AvgIpc) is 2.24. The third-order valence-corrected chi connectivity index (χ3v) is 2.84. The molecule has 0 saturated heterocycles. The second-order valence-corrected chi connectivity index (χ2v) is 5.74. The van der Waals surface area contributed by atoms with Crippen LogP contribution in [0.5, 0.6) is 0 Å². The summed E-state index contributed by atoms with van der Waals surface area (Å²) in [4.78, 5) is 0. The zero-order valence-corrected chi connectivity index (χ0v) is 11.3. The van der Waals surface area contributed by atoms with Gasteiger partial charge in [-0.15, -0.1) is 0 Å². The van der Waals surface area contributed by atoms with Crippen LogP contribution >= 0.6 is 0 Å². The maximum Gasteiger partial charge on any atom is 0.0991 e. The van der Waals surface area contributed by atoms with Crippen molar-refractivity contribution in [1.29, 1.82) is 5.26 Å². The number of nitrogens with zero attached hydrogens (tertiary/aromatic N) is 1. The van der Waals surface area contributed by atoms with E-state index in [0.29, 0.717) is 5.41 Å². The van der Waals surface area contributed by atoms with Crippen LogP contribution in [-0.4, -0.2) is 6.54 Å². The van der Waals surface area contributed by atoms with Crippen LogP contribution in [0.4, 0.5) is 0 Å². The van der Waals surface area contributed by atoms with E-state index >= 15 is 0 Å². The summed E-state index contributed by atoms with van der Waals surface area (Å²) in [5, 5.41) is 12.2. The molecule has 0 aliphatic rings. The van der Waals surface area contributed by atoms with E-state index in [2.05, 4.69) is 39.1 Å². The Morgan fingerprint density at radius 2 is 2.00 bits per heavy atom. The number of benzene rings is 1. The average molecular weight is 230 g/mol. The lowest BCUT2D eigenvalue weighted by atomic mass is 9.92. The summed E-state index contributed by atoms with van der Waals surface area (Å²) in [5.41, 5.74) is 3.58. The van der Waals surface area contributed by atoms with Crippen molar-refractivity contribution in [3.8, 4) is 6.07 Å². The predicted molar refractivity (Wildman–Crippen MR) is 71.7 cm³/mol. The van der Waals surface area contributed by atoms with Crippen LogP contribution < -0.4 is 5.32 Å². The quantitative estimate of drug-likeness (QED) is 0.805. The van der Waals surface area contributed by atoms with Crippen molar-refractivity contribution in [2.45, 2.75) is 40.7 Å². The molecule has 0 amide bonds. The van der Waals surface area contributed by atoms with Crippen LogP contribution in [0, 0.1) is 23.7 Å². The molecule has 0 atom stereocenters. The fourth-order valence-electron chi connectivity index (χ4n) is 1.65. The second kappa shape index (κ2) is 5.84. The standard InChI is InChI=1S/C15H22N2/c1-12-9-13(10-16)5-6-14(12)11-17-8-7-15(2,3)4/h5-6,9,17H,7-8,11H2,1-4H3. The molecule has 17 heavy (non-hydrogen) atoms. The Hall–Kier alpha value is -1.33. The van der Waals surface area contributed by atoms with E-state index in [9.17, 15) is 0 Å². The summed E-state index contributed by atoms with van der Waals surface area (Å²) in [5.74, 6) is 0. The minimum atomic E-state index is 0.382. The lowest BCUT2D eigenvalue weighted by molar-refractivity contribution is 0.366. The number of aryl methyl sites for hydroxylation is 1. The van der Waals surface area contributed by atoms with Gasteiger partial charge in [0, 0.05) is 6.54 Å². The number of nitrogens with one attached hydrogen (secondary N) is 1. The summed E-state index contributed by atoms with van der Waals surface area (Å²) < 4.78 is 0. The zero-order chi connectivity index (χ0) is 12.9. The first kappa shape index (κ1) is 13.7. The molecule has 92 valence electrons. The molecule has 0 bridgehead atoms. The third kappa shape index (κ3) is 5.01. The molecular formula is C15H22N2. The normalized spacial score (nSPS) is 11.2. The van der Waals surface area contributed by atoms with Gasteiger partial charge in [-0.05, 0) is 48.6 Å². The van der Waals surface area contributed by atoms with Gasteiger partial charge in [-0.3, -0.25) is 0 Å². The van der Waals surface area contributed by atoms with Crippen LogP contribution in [0.2, 0.25) is 0 Å². The number of nitriles is 1. The molecule has 2 heteroatoms. The van der Waals surface area contributed by atoms with Gasteiger partial charge in [0.1, 0.15) is 0 Å². The molecule has 0 radical (unpaired) electrons. The van der Waals surface area contributed by atoms with Gasteiger partial charge in [0.25, 0.3) is 0 Å². The van der Waals surface area contributed by atoms with Gasteiger partial charge in [0.2, 0.25) is 0 Å². The molecule has 1 rings (SSSR count). The molecule has 1 aromatic rings. The topological polar surface area (TPSA) is 35.8 Å². The Balaban J connectivity index is 2.45. The highest BCUT2D eigenvalue weighted by Crippen LogP contribution is 2.17. The highest BCUT2D eigenvalue weighted by atomic mass is 14.8. The summed E-state index contributed by atoms with van der Waals surface area (Å²) in [6, 6.07) is 8.03. The lowest BCUT2D eigenvalue weighted by Crippen LogP contribution is -2.20. The van der Waals surface area contributed by atoms with E-state index in [0.717, 1.165) is 18.7 Å². The SMILES string of the molecule is Cc1cc(C#N)ccc1CNCCC(C)(C)C. The van der Waals surface area contributed by atoms with E-state index in [1.54, 1.807) is 0 Å². The second-order valence-electron chi connectivity index (χ2n) is 5.74. The minimum absolute atomic E-state index is 0.382. The molecule has 0 fully saturated rings. The van der Waals surface area contributed by atoms with Gasteiger partial charge in [0.15, 0.2) is 0 Å². The van der Waals surface area contributed by atoms with Gasteiger partial charge in [-0.2, -0.15) is 5.26 Å². The van der Waals surface area contributed by atoms with Crippen molar-refractivity contribution in [1.82, 2.24) is 5.32 Å². The maximum absolute atomic E-state index is 8.79. The van der Waals surface area contributed by atoms with E-state index < -0.39 is 0 Å². The molecule has 0 unspecified atom stereocenters. The van der Waals surface area contributed by atoms with Crippen molar-refractivity contribution in [3.05, 3.63) is 34.9 Å². The number of hydrogen-bond donors (Lipinski definition) is 1. The highest BCUT2D eigenvalue weighted by Gasteiger charge is 2.08.